The molecule has 3 heterocycles. The van der Waals surface area contributed by atoms with Crippen molar-refractivity contribution < 1.29 is 24.0 Å². The third-order valence-corrected chi connectivity index (χ3v) is 5.45. The lowest BCUT2D eigenvalue weighted by Gasteiger charge is -2.14. The number of Topliss-reactive ketones (excluding diaryl/α,β-unsaturated/α-hetero) is 1. The molecule has 1 aliphatic heterocycles. The first-order valence-electron chi connectivity index (χ1n) is 9.84. The second-order valence-corrected chi connectivity index (χ2v) is 7.55. The average Bonchev–Trinajstić information content (AvgIpc) is 3.35. The van der Waals surface area contributed by atoms with Crippen LogP contribution in [0.15, 0.2) is 6.07 Å². The molecule has 0 spiro atoms. The fourth-order valence-electron chi connectivity index (χ4n) is 3.85. The number of nitro groups is 1. The van der Waals surface area contributed by atoms with E-state index in [0.717, 1.165) is 30.8 Å². The van der Waals surface area contributed by atoms with E-state index in [9.17, 15) is 19.7 Å². The smallest absolute Gasteiger partial charge is 0.328 e. The third kappa shape index (κ3) is 4.43. The van der Waals surface area contributed by atoms with E-state index in [0.29, 0.717) is 12.1 Å². The zero-order chi connectivity index (χ0) is 22.0. The Hall–Kier alpha value is -3.01. The maximum Gasteiger partial charge on any atom is 0.328 e. The molecule has 1 aliphatic rings. The summed E-state index contributed by atoms with van der Waals surface area (Å²) < 4.78 is 14.1. The van der Waals surface area contributed by atoms with Gasteiger partial charge in [-0.05, 0) is 46.6 Å². The van der Waals surface area contributed by atoms with Gasteiger partial charge >= 0.3 is 11.7 Å². The molecule has 0 aromatic carbocycles. The summed E-state index contributed by atoms with van der Waals surface area (Å²) in [7, 11) is 0. The van der Waals surface area contributed by atoms with Gasteiger partial charge in [-0.25, -0.2) is 0 Å². The van der Waals surface area contributed by atoms with Crippen molar-refractivity contribution in [3.8, 4) is 0 Å². The summed E-state index contributed by atoms with van der Waals surface area (Å²) in [5.41, 5.74) is 2.64. The second-order valence-electron chi connectivity index (χ2n) is 7.55. The predicted molar refractivity (Wildman–Crippen MR) is 107 cm³/mol. The maximum atomic E-state index is 12.6. The number of hydrogen-bond acceptors (Lipinski definition) is 7. The van der Waals surface area contributed by atoms with Gasteiger partial charge in [0, 0.05) is 30.1 Å². The largest absolute Gasteiger partial charge is 0.456 e. The lowest BCUT2D eigenvalue weighted by atomic mass is 10.1. The number of esters is 1. The molecule has 10 nitrogen and oxygen atoms in total. The lowest BCUT2D eigenvalue weighted by molar-refractivity contribution is -0.386. The fourth-order valence-corrected chi connectivity index (χ4v) is 3.85. The molecule has 162 valence electrons. The van der Waals surface area contributed by atoms with Crippen molar-refractivity contribution in [1.82, 2.24) is 14.3 Å². The van der Waals surface area contributed by atoms with Crippen molar-refractivity contribution in [2.75, 3.05) is 13.2 Å². The Morgan fingerprint density at radius 2 is 2.03 bits per heavy atom. The van der Waals surface area contributed by atoms with E-state index in [-0.39, 0.29) is 35.5 Å². The number of hydrogen-bond donors (Lipinski definition) is 0. The van der Waals surface area contributed by atoms with Gasteiger partial charge < -0.3 is 14.0 Å². The normalized spacial score (nSPS) is 16.1. The minimum atomic E-state index is -0.683. The number of ether oxygens (including phenoxy) is 2. The van der Waals surface area contributed by atoms with E-state index in [4.69, 9.17) is 9.47 Å². The highest BCUT2D eigenvalue weighted by atomic mass is 16.6. The van der Waals surface area contributed by atoms with Gasteiger partial charge in [0.1, 0.15) is 17.9 Å². The number of nitrogens with zero attached hydrogens (tertiary/aromatic N) is 4. The molecule has 2 aromatic rings. The minimum Gasteiger partial charge on any atom is -0.456 e. The van der Waals surface area contributed by atoms with Gasteiger partial charge in [-0.2, -0.15) is 5.10 Å². The SMILES string of the molecule is Cc1nn(CC(=O)OCC(=O)c2cc(C)n(C[C@@H]3CCCO3)c2C)c(C)c1[N+](=O)[O-]. The van der Waals surface area contributed by atoms with E-state index >= 15 is 0 Å². The fraction of sp³-hybridized carbons (Fsp3) is 0.550. The molecule has 0 saturated carbocycles. The molecular weight excluding hydrogens is 392 g/mol. The van der Waals surface area contributed by atoms with Crippen molar-refractivity contribution in [3.05, 3.63) is 44.5 Å². The van der Waals surface area contributed by atoms with Crippen LogP contribution in [0.3, 0.4) is 0 Å². The van der Waals surface area contributed by atoms with Crippen LogP contribution in [-0.2, 0) is 27.4 Å². The Labute approximate surface area is 173 Å². The van der Waals surface area contributed by atoms with Crippen LogP contribution < -0.4 is 0 Å². The lowest BCUT2D eigenvalue weighted by Crippen LogP contribution is -2.20. The van der Waals surface area contributed by atoms with Crippen molar-refractivity contribution in [3.63, 3.8) is 0 Å². The van der Waals surface area contributed by atoms with Crippen LogP contribution in [-0.4, -0.2) is 50.3 Å². The molecule has 30 heavy (non-hydrogen) atoms. The van der Waals surface area contributed by atoms with Gasteiger partial charge in [0.2, 0.25) is 5.78 Å². The van der Waals surface area contributed by atoms with Crippen molar-refractivity contribution >= 4 is 17.4 Å². The monoisotopic (exact) mass is 418 g/mol. The standard InChI is InChI=1S/C20H26N4O6/c1-12-8-17(14(3)22(12)9-16-6-5-7-29-16)18(25)11-30-19(26)10-23-15(4)20(24(27)28)13(2)21-23/h8,16H,5-7,9-11H2,1-4H3/t16-/m0/s1. The second kappa shape index (κ2) is 8.78. The molecule has 1 saturated heterocycles. The molecule has 1 fully saturated rings. The summed E-state index contributed by atoms with van der Waals surface area (Å²) in [5, 5.41) is 15.1. The molecule has 0 aliphatic carbocycles. The summed E-state index contributed by atoms with van der Waals surface area (Å²) in [6.07, 6.45) is 2.20. The van der Waals surface area contributed by atoms with Gasteiger partial charge in [0.25, 0.3) is 0 Å². The van der Waals surface area contributed by atoms with E-state index in [2.05, 4.69) is 9.67 Å². The van der Waals surface area contributed by atoms with Crippen LogP contribution in [0.2, 0.25) is 0 Å². The number of rotatable bonds is 8. The Bertz CT molecular complexity index is 984. The van der Waals surface area contributed by atoms with E-state index in [1.807, 2.05) is 13.8 Å². The number of ketones is 1. The molecule has 0 bridgehead atoms. The van der Waals surface area contributed by atoms with Crippen molar-refractivity contribution in [2.45, 2.75) is 59.7 Å². The summed E-state index contributed by atoms with van der Waals surface area (Å²) in [6.45, 7) is 7.58. The van der Waals surface area contributed by atoms with Crippen molar-refractivity contribution in [1.29, 1.82) is 0 Å². The summed E-state index contributed by atoms with van der Waals surface area (Å²) in [6, 6.07) is 1.80. The van der Waals surface area contributed by atoms with Crippen LogP contribution in [0.1, 0.15) is 46.0 Å². The van der Waals surface area contributed by atoms with Gasteiger partial charge in [-0.15, -0.1) is 0 Å². The average molecular weight is 418 g/mol. The molecule has 1 atom stereocenters. The van der Waals surface area contributed by atoms with Crippen LogP contribution >= 0.6 is 0 Å². The van der Waals surface area contributed by atoms with Crippen LogP contribution in [0.4, 0.5) is 5.69 Å². The van der Waals surface area contributed by atoms with Crippen LogP contribution in [0.5, 0.6) is 0 Å². The van der Waals surface area contributed by atoms with E-state index in [1.165, 1.54) is 18.5 Å². The zero-order valence-corrected chi connectivity index (χ0v) is 17.6. The Kier molecular flexibility index (Phi) is 6.35. The molecule has 0 radical (unpaired) electrons. The summed E-state index contributed by atoms with van der Waals surface area (Å²) >= 11 is 0. The van der Waals surface area contributed by atoms with E-state index in [1.54, 1.807) is 6.07 Å². The number of aromatic nitrogens is 3. The highest BCUT2D eigenvalue weighted by Crippen LogP contribution is 2.22. The molecule has 0 amide bonds. The van der Waals surface area contributed by atoms with Gasteiger partial charge in [-0.1, -0.05) is 0 Å². The van der Waals surface area contributed by atoms with Gasteiger partial charge in [0.05, 0.1) is 11.0 Å². The quantitative estimate of drug-likeness (QED) is 0.279. The summed E-state index contributed by atoms with van der Waals surface area (Å²) in [5.74, 6) is -0.980. The number of carbonyl (C=O) groups is 2. The predicted octanol–water partition coefficient (Wildman–Crippen LogP) is 2.43. The number of carbonyl (C=O) groups excluding carboxylic acids is 2. The molecule has 3 rings (SSSR count). The Balaban J connectivity index is 1.61. The van der Waals surface area contributed by atoms with Gasteiger partial charge in [0.15, 0.2) is 6.61 Å². The minimum absolute atomic E-state index is 0.127. The Morgan fingerprint density at radius 1 is 1.30 bits per heavy atom. The van der Waals surface area contributed by atoms with E-state index < -0.39 is 17.5 Å². The first-order chi connectivity index (χ1) is 14.2. The Morgan fingerprint density at radius 3 is 2.63 bits per heavy atom. The zero-order valence-electron chi connectivity index (χ0n) is 17.6. The third-order valence-electron chi connectivity index (χ3n) is 5.45. The van der Waals surface area contributed by atoms with Crippen molar-refractivity contribution in [2.24, 2.45) is 0 Å². The van der Waals surface area contributed by atoms with Crippen LogP contribution in [0, 0.1) is 37.8 Å². The summed E-state index contributed by atoms with van der Waals surface area (Å²) in [4.78, 5) is 35.3. The molecule has 10 heteroatoms. The first-order valence-corrected chi connectivity index (χ1v) is 9.84. The molecule has 2 aromatic heterocycles. The van der Waals surface area contributed by atoms with Gasteiger partial charge in [-0.3, -0.25) is 24.4 Å². The molecular formula is C20H26N4O6. The number of aryl methyl sites for hydroxylation is 2. The first kappa shape index (κ1) is 21.7. The molecule has 0 unspecified atom stereocenters. The highest BCUT2D eigenvalue weighted by molar-refractivity contribution is 5.99. The molecule has 0 N–H and O–H groups in total. The van der Waals surface area contributed by atoms with Crippen LogP contribution in [0.25, 0.3) is 0 Å². The maximum absolute atomic E-state index is 12.6. The highest BCUT2D eigenvalue weighted by Gasteiger charge is 2.24. The topological polar surface area (TPSA) is 118 Å².